The van der Waals surface area contributed by atoms with Gasteiger partial charge in [0.1, 0.15) is 0 Å². The van der Waals surface area contributed by atoms with Crippen molar-refractivity contribution in [2.24, 2.45) is 5.92 Å². The molecule has 1 saturated carbocycles. The van der Waals surface area contributed by atoms with Crippen molar-refractivity contribution in [1.82, 2.24) is 5.32 Å². The van der Waals surface area contributed by atoms with Crippen LogP contribution in [0, 0.1) is 5.92 Å². The third-order valence-electron chi connectivity index (χ3n) is 3.76. The minimum atomic E-state index is 0.268. The van der Waals surface area contributed by atoms with Crippen LogP contribution in [0.2, 0.25) is 0 Å². The monoisotopic (exact) mass is 303 g/mol. The summed E-state index contributed by atoms with van der Waals surface area (Å²) in [6, 6.07) is 0.354. The second kappa shape index (κ2) is 8.96. The zero-order valence-electron chi connectivity index (χ0n) is 11.0. The number of hydrogen-bond acceptors (Lipinski definition) is 1. The Balaban J connectivity index is 2.26. The molecule has 1 aliphatic rings. The van der Waals surface area contributed by atoms with Crippen molar-refractivity contribution in [2.75, 3.05) is 5.33 Å². The topological polar surface area (TPSA) is 29.1 Å². The van der Waals surface area contributed by atoms with Crippen LogP contribution < -0.4 is 5.32 Å². The number of halogens is 1. The fraction of sp³-hybridized carbons (Fsp3) is 0.929. The van der Waals surface area contributed by atoms with Crippen LogP contribution in [0.15, 0.2) is 0 Å². The standard InChI is InChI=1S/C14H26BrNO/c1-2-13(9-10-15)16-14(17)11-12-7-5-3-4-6-8-12/h12-13H,2-11H2,1H3,(H,16,17). The summed E-state index contributed by atoms with van der Waals surface area (Å²) in [7, 11) is 0. The number of amides is 1. The van der Waals surface area contributed by atoms with Crippen LogP contribution in [0.1, 0.15) is 64.7 Å². The Labute approximate surface area is 114 Å². The predicted molar refractivity (Wildman–Crippen MR) is 76.4 cm³/mol. The first-order valence-corrected chi connectivity index (χ1v) is 8.23. The average Bonchev–Trinajstić information content (AvgIpc) is 2.57. The van der Waals surface area contributed by atoms with Crippen molar-refractivity contribution in [3.05, 3.63) is 0 Å². The van der Waals surface area contributed by atoms with Crippen molar-refractivity contribution >= 4 is 21.8 Å². The van der Waals surface area contributed by atoms with Gasteiger partial charge in [-0.15, -0.1) is 0 Å². The lowest BCUT2D eigenvalue weighted by Crippen LogP contribution is -2.35. The Morgan fingerprint density at radius 1 is 1.29 bits per heavy atom. The minimum Gasteiger partial charge on any atom is -0.353 e. The molecule has 100 valence electrons. The molecule has 0 radical (unpaired) electrons. The number of nitrogens with one attached hydrogen (secondary N) is 1. The Hall–Kier alpha value is -0.0500. The highest BCUT2D eigenvalue weighted by Gasteiger charge is 2.17. The van der Waals surface area contributed by atoms with E-state index in [-0.39, 0.29) is 5.91 Å². The van der Waals surface area contributed by atoms with E-state index in [2.05, 4.69) is 28.2 Å². The van der Waals surface area contributed by atoms with Gasteiger partial charge < -0.3 is 5.32 Å². The molecule has 0 aromatic heterocycles. The molecule has 0 bridgehead atoms. The maximum atomic E-state index is 11.9. The summed E-state index contributed by atoms with van der Waals surface area (Å²) in [5.74, 6) is 0.906. The molecule has 1 fully saturated rings. The second-order valence-electron chi connectivity index (χ2n) is 5.21. The van der Waals surface area contributed by atoms with Gasteiger partial charge in [-0.2, -0.15) is 0 Å². The number of alkyl halides is 1. The maximum absolute atomic E-state index is 11.9. The van der Waals surface area contributed by atoms with Crippen molar-refractivity contribution in [3.8, 4) is 0 Å². The molecule has 0 aliphatic heterocycles. The van der Waals surface area contributed by atoms with Crippen LogP contribution >= 0.6 is 15.9 Å². The first kappa shape index (κ1) is 15.0. The molecule has 0 heterocycles. The fourth-order valence-corrected chi connectivity index (χ4v) is 3.18. The second-order valence-corrected chi connectivity index (χ2v) is 6.01. The van der Waals surface area contributed by atoms with E-state index in [1.54, 1.807) is 0 Å². The van der Waals surface area contributed by atoms with Crippen molar-refractivity contribution in [1.29, 1.82) is 0 Å². The molecule has 3 heteroatoms. The third kappa shape index (κ3) is 6.44. The van der Waals surface area contributed by atoms with Gasteiger partial charge in [-0.25, -0.2) is 0 Å². The number of carbonyl (C=O) groups is 1. The van der Waals surface area contributed by atoms with E-state index >= 15 is 0 Å². The van der Waals surface area contributed by atoms with Gasteiger partial charge >= 0.3 is 0 Å². The number of rotatable bonds is 6. The van der Waals surface area contributed by atoms with Gasteiger partial charge in [0, 0.05) is 17.8 Å². The lowest BCUT2D eigenvalue weighted by molar-refractivity contribution is -0.122. The highest BCUT2D eigenvalue weighted by molar-refractivity contribution is 9.09. The summed E-state index contributed by atoms with van der Waals surface area (Å²) in [5.41, 5.74) is 0. The van der Waals surface area contributed by atoms with E-state index in [0.717, 1.165) is 24.6 Å². The van der Waals surface area contributed by atoms with Crippen LogP contribution in [0.4, 0.5) is 0 Å². The van der Waals surface area contributed by atoms with Gasteiger partial charge in [-0.1, -0.05) is 48.5 Å². The van der Waals surface area contributed by atoms with E-state index in [1.165, 1.54) is 38.5 Å². The molecular formula is C14H26BrNO. The normalized spacial score (nSPS) is 19.6. The van der Waals surface area contributed by atoms with Gasteiger partial charge in [0.25, 0.3) is 0 Å². The van der Waals surface area contributed by atoms with Gasteiger partial charge in [-0.05, 0) is 31.6 Å². The largest absolute Gasteiger partial charge is 0.353 e. The van der Waals surface area contributed by atoms with Crippen molar-refractivity contribution in [2.45, 2.75) is 70.8 Å². The highest BCUT2D eigenvalue weighted by atomic mass is 79.9. The van der Waals surface area contributed by atoms with Gasteiger partial charge in [0.15, 0.2) is 0 Å². The first-order chi connectivity index (χ1) is 8.26. The van der Waals surface area contributed by atoms with E-state index in [1.807, 2.05) is 0 Å². The molecule has 1 aliphatic carbocycles. The van der Waals surface area contributed by atoms with Gasteiger partial charge in [0.05, 0.1) is 0 Å². The highest BCUT2D eigenvalue weighted by Crippen LogP contribution is 2.25. The Kier molecular flexibility index (Phi) is 7.91. The molecule has 1 rings (SSSR count). The number of carbonyl (C=O) groups excluding carboxylic acids is 1. The molecule has 0 aromatic rings. The molecule has 17 heavy (non-hydrogen) atoms. The van der Waals surface area contributed by atoms with E-state index in [4.69, 9.17) is 0 Å². The molecule has 2 nitrogen and oxygen atoms in total. The molecule has 0 spiro atoms. The number of hydrogen-bond donors (Lipinski definition) is 1. The average molecular weight is 304 g/mol. The Morgan fingerprint density at radius 2 is 1.94 bits per heavy atom. The molecule has 1 unspecified atom stereocenters. The molecule has 0 aromatic carbocycles. The summed E-state index contributed by atoms with van der Waals surface area (Å²) in [6.07, 6.45) is 10.7. The molecular weight excluding hydrogens is 278 g/mol. The van der Waals surface area contributed by atoms with E-state index in [9.17, 15) is 4.79 Å². The van der Waals surface area contributed by atoms with Crippen LogP contribution in [0.3, 0.4) is 0 Å². The van der Waals surface area contributed by atoms with Crippen LogP contribution in [0.25, 0.3) is 0 Å². The smallest absolute Gasteiger partial charge is 0.220 e. The zero-order chi connectivity index (χ0) is 12.5. The lowest BCUT2D eigenvalue weighted by Gasteiger charge is -2.18. The lowest BCUT2D eigenvalue weighted by atomic mass is 9.96. The molecule has 1 amide bonds. The maximum Gasteiger partial charge on any atom is 0.220 e. The predicted octanol–water partition coefficient (Wildman–Crippen LogP) is 4.03. The van der Waals surface area contributed by atoms with Crippen LogP contribution in [0.5, 0.6) is 0 Å². The summed E-state index contributed by atoms with van der Waals surface area (Å²) in [4.78, 5) is 11.9. The summed E-state index contributed by atoms with van der Waals surface area (Å²) in [5, 5.41) is 4.13. The van der Waals surface area contributed by atoms with Gasteiger partial charge in [0.2, 0.25) is 5.91 Å². The van der Waals surface area contributed by atoms with Crippen molar-refractivity contribution < 1.29 is 4.79 Å². The van der Waals surface area contributed by atoms with Crippen molar-refractivity contribution in [3.63, 3.8) is 0 Å². The molecule has 0 saturated heterocycles. The quantitative estimate of drug-likeness (QED) is 0.582. The minimum absolute atomic E-state index is 0.268. The third-order valence-corrected chi connectivity index (χ3v) is 4.22. The van der Waals surface area contributed by atoms with Crippen LogP contribution in [-0.4, -0.2) is 17.3 Å². The first-order valence-electron chi connectivity index (χ1n) is 7.11. The fourth-order valence-electron chi connectivity index (χ4n) is 2.63. The summed E-state index contributed by atoms with van der Waals surface area (Å²) < 4.78 is 0. The molecule has 1 N–H and O–H groups in total. The summed E-state index contributed by atoms with van der Waals surface area (Å²) in [6.45, 7) is 2.14. The summed E-state index contributed by atoms with van der Waals surface area (Å²) >= 11 is 3.44. The molecule has 1 atom stereocenters. The van der Waals surface area contributed by atoms with E-state index < -0.39 is 0 Å². The Bertz CT molecular complexity index is 212. The van der Waals surface area contributed by atoms with E-state index in [0.29, 0.717) is 12.0 Å². The Morgan fingerprint density at radius 3 is 2.47 bits per heavy atom. The van der Waals surface area contributed by atoms with Crippen LogP contribution in [-0.2, 0) is 4.79 Å². The zero-order valence-corrected chi connectivity index (χ0v) is 12.6. The SMILES string of the molecule is CCC(CCBr)NC(=O)CC1CCCCCC1. The van der Waals surface area contributed by atoms with Gasteiger partial charge in [-0.3, -0.25) is 4.79 Å².